The Morgan fingerprint density at radius 3 is 2.62 bits per heavy atom. The number of aromatic nitrogens is 3. The Bertz CT molecular complexity index is 1330. The molecule has 0 saturated carbocycles. The first-order valence-electron chi connectivity index (χ1n) is 12.5. The summed E-state index contributed by atoms with van der Waals surface area (Å²) in [6.45, 7) is 3.28. The van der Waals surface area contributed by atoms with E-state index in [4.69, 9.17) is 0 Å². The maximum absolute atomic E-state index is 13.6. The SMILES string of the molecule is O=C(Nc1nccc(N2CCCCC2)n1)N1c2nc(-c3cccc(C(F)(F)F)c3)ccc2N2CC[C@H]1C2. The van der Waals surface area contributed by atoms with E-state index in [1.54, 1.807) is 23.2 Å². The zero-order valence-corrected chi connectivity index (χ0v) is 20.1. The standard InChI is InChI=1S/C26H26F3N7O/c27-26(28,29)18-6-4-5-17(15-18)20-7-8-21-23(31-20)36(19-10-14-35(21)16-19)25(37)33-24-30-11-9-22(32-24)34-12-2-1-3-13-34/h4-9,11,15,19H,1-3,10,12-14,16H2,(H,30,32,33,37)/t19-/m0/s1. The highest BCUT2D eigenvalue weighted by Crippen LogP contribution is 2.41. The molecule has 2 aromatic heterocycles. The molecule has 37 heavy (non-hydrogen) atoms. The van der Waals surface area contributed by atoms with Crippen LogP contribution in [-0.4, -0.2) is 53.2 Å². The molecule has 0 aliphatic carbocycles. The highest BCUT2D eigenvalue weighted by molar-refractivity contribution is 6.04. The molecule has 3 aromatic rings. The summed E-state index contributed by atoms with van der Waals surface area (Å²) in [6, 6.07) is 9.92. The van der Waals surface area contributed by atoms with Crippen molar-refractivity contribution < 1.29 is 18.0 Å². The van der Waals surface area contributed by atoms with Gasteiger partial charge in [0.2, 0.25) is 5.95 Å². The van der Waals surface area contributed by atoms with Crippen LogP contribution in [0.5, 0.6) is 0 Å². The maximum atomic E-state index is 13.6. The van der Waals surface area contributed by atoms with Crippen molar-refractivity contribution >= 4 is 29.3 Å². The quantitative estimate of drug-likeness (QED) is 0.525. The van der Waals surface area contributed by atoms with E-state index < -0.39 is 17.8 Å². The van der Waals surface area contributed by atoms with Crippen LogP contribution in [0.3, 0.4) is 0 Å². The first-order chi connectivity index (χ1) is 17.9. The first-order valence-corrected chi connectivity index (χ1v) is 12.5. The largest absolute Gasteiger partial charge is 0.416 e. The second-order valence-corrected chi connectivity index (χ2v) is 9.59. The third kappa shape index (κ3) is 4.54. The predicted octanol–water partition coefficient (Wildman–Crippen LogP) is 5.18. The van der Waals surface area contributed by atoms with Crippen molar-refractivity contribution in [3.05, 3.63) is 54.2 Å². The molecule has 0 spiro atoms. The van der Waals surface area contributed by atoms with Gasteiger partial charge >= 0.3 is 12.2 Å². The molecular weight excluding hydrogens is 483 g/mol. The normalized spacial score (nSPS) is 19.1. The summed E-state index contributed by atoms with van der Waals surface area (Å²) in [6.07, 6.45) is 1.36. The molecule has 2 amide bonds. The number of carbonyl (C=O) groups excluding carboxylic acids is 1. The third-order valence-electron chi connectivity index (χ3n) is 7.20. The van der Waals surface area contributed by atoms with Gasteiger partial charge < -0.3 is 9.80 Å². The Morgan fingerprint density at radius 2 is 1.81 bits per heavy atom. The Labute approximate surface area is 212 Å². The molecule has 5 heterocycles. The number of rotatable bonds is 3. The molecular formula is C26H26F3N7O. The number of hydrogen-bond acceptors (Lipinski definition) is 6. The molecule has 192 valence electrons. The van der Waals surface area contributed by atoms with Crippen molar-refractivity contribution in [1.29, 1.82) is 0 Å². The minimum absolute atomic E-state index is 0.109. The number of carbonyl (C=O) groups is 1. The summed E-state index contributed by atoms with van der Waals surface area (Å²) in [5, 5.41) is 2.83. The van der Waals surface area contributed by atoms with E-state index in [9.17, 15) is 18.0 Å². The van der Waals surface area contributed by atoms with Crippen LogP contribution in [0.25, 0.3) is 11.3 Å². The van der Waals surface area contributed by atoms with E-state index in [0.717, 1.165) is 62.5 Å². The second kappa shape index (κ2) is 9.20. The molecule has 1 N–H and O–H groups in total. The van der Waals surface area contributed by atoms with Crippen LogP contribution in [-0.2, 0) is 6.18 Å². The van der Waals surface area contributed by atoms with Gasteiger partial charge in [-0.2, -0.15) is 18.2 Å². The van der Waals surface area contributed by atoms with E-state index in [-0.39, 0.29) is 12.0 Å². The number of anilines is 4. The number of urea groups is 1. The smallest absolute Gasteiger partial charge is 0.366 e. The number of nitrogens with zero attached hydrogens (tertiary/aromatic N) is 6. The van der Waals surface area contributed by atoms with Crippen LogP contribution in [0.4, 0.5) is 41.2 Å². The van der Waals surface area contributed by atoms with Crippen LogP contribution in [0.2, 0.25) is 0 Å². The highest BCUT2D eigenvalue weighted by atomic mass is 19.4. The Hall–Kier alpha value is -3.89. The van der Waals surface area contributed by atoms with E-state index in [1.165, 1.54) is 12.5 Å². The molecule has 2 bridgehead atoms. The third-order valence-corrected chi connectivity index (χ3v) is 7.20. The van der Waals surface area contributed by atoms with Crippen LogP contribution >= 0.6 is 0 Å². The monoisotopic (exact) mass is 509 g/mol. The van der Waals surface area contributed by atoms with Crippen molar-refractivity contribution in [3.63, 3.8) is 0 Å². The van der Waals surface area contributed by atoms with Crippen molar-refractivity contribution in [2.45, 2.75) is 37.9 Å². The zero-order valence-electron chi connectivity index (χ0n) is 20.1. The van der Waals surface area contributed by atoms with Gasteiger partial charge in [0.15, 0.2) is 5.82 Å². The van der Waals surface area contributed by atoms with E-state index >= 15 is 0 Å². The Kier molecular flexibility index (Phi) is 5.85. The lowest BCUT2D eigenvalue weighted by Crippen LogP contribution is -2.48. The van der Waals surface area contributed by atoms with E-state index in [0.29, 0.717) is 23.6 Å². The van der Waals surface area contributed by atoms with Crippen LogP contribution in [0, 0.1) is 0 Å². The minimum Gasteiger partial charge on any atom is -0.366 e. The minimum atomic E-state index is -4.45. The van der Waals surface area contributed by atoms with Gasteiger partial charge in [0.1, 0.15) is 5.82 Å². The van der Waals surface area contributed by atoms with Crippen molar-refractivity contribution in [3.8, 4) is 11.3 Å². The molecule has 2 saturated heterocycles. The van der Waals surface area contributed by atoms with Gasteiger partial charge in [-0.05, 0) is 56.0 Å². The number of alkyl halides is 3. The molecule has 1 atom stereocenters. The molecule has 6 rings (SSSR count). The van der Waals surface area contributed by atoms with Gasteiger partial charge in [-0.15, -0.1) is 0 Å². The topological polar surface area (TPSA) is 77.5 Å². The van der Waals surface area contributed by atoms with E-state index in [1.807, 2.05) is 12.1 Å². The molecule has 2 fully saturated rings. The molecule has 3 aliphatic heterocycles. The van der Waals surface area contributed by atoms with Gasteiger partial charge in [0, 0.05) is 37.9 Å². The Balaban J connectivity index is 1.31. The summed E-state index contributed by atoms with van der Waals surface area (Å²) in [5.41, 5.74) is 0.744. The lowest BCUT2D eigenvalue weighted by Gasteiger charge is -2.35. The maximum Gasteiger partial charge on any atom is 0.416 e. The molecule has 0 radical (unpaired) electrons. The second-order valence-electron chi connectivity index (χ2n) is 9.59. The van der Waals surface area contributed by atoms with Gasteiger partial charge in [0.25, 0.3) is 0 Å². The number of piperidine rings is 1. The van der Waals surface area contributed by atoms with Crippen molar-refractivity contribution in [2.75, 3.05) is 46.2 Å². The lowest BCUT2D eigenvalue weighted by atomic mass is 10.1. The average Bonchev–Trinajstić information content (AvgIpc) is 3.33. The molecule has 1 aromatic carbocycles. The predicted molar refractivity (Wildman–Crippen MR) is 135 cm³/mol. The summed E-state index contributed by atoms with van der Waals surface area (Å²) >= 11 is 0. The fourth-order valence-corrected chi connectivity index (χ4v) is 5.35. The first kappa shape index (κ1) is 23.5. The van der Waals surface area contributed by atoms with Crippen LogP contribution in [0.15, 0.2) is 48.7 Å². The highest BCUT2D eigenvalue weighted by Gasteiger charge is 2.40. The summed E-state index contributed by atoms with van der Waals surface area (Å²) in [4.78, 5) is 33.0. The summed E-state index contributed by atoms with van der Waals surface area (Å²) in [7, 11) is 0. The zero-order chi connectivity index (χ0) is 25.6. The summed E-state index contributed by atoms with van der Waals surface area (Å²) in [5.74, 6) is 1.42. The van der Waals surface area contributed by atoms with E-state index in [2.05, 4.69) is 30.1 Å². The van der Waals surface area contributed by atoms with Crippen LogP contribution < -0.4 is 20.0 Å². The number of amides is 2. The van der Waals surface area contributed by atoms with Gasteiger partial charge in [-0.3, -0.25) is 10.2 Å². The van der Waals surface area contributed by atoms with Gasteiger partial charge in [-0.25, -0.2) is 14.8 Å². The fraction of sp³-hybridized carbons (Fsp3) is 0.385. The number of hydrogen-bond donors (Lipinski definition) is 1. The lowest BCUT2D eigenvalue weighted by molar-refractivity contribution is -0.137. The number of nitrogens with one attached hydrogen (secondary N) is 1. The fourth-order valence-electron chi connectivity index (χ4n) is 5.35. The molecule has 11 heteroatoms. The van der Waals surface area contributed by atoms with Crippen molar-refractivity contribution in [2.24, 2.45) is 0 Å². The van der Waals surface area contributed by atoms with Gasteiger partial charge in [-0.1, -0.05) is 12.1 Å². The number of pyridine rings is 1. The molecule has 0 unspecified atom stereocenters. The van der Waals surface area contributed by atoms with Crippen LogP contribution in [0.1, 0.15) is 31.2 Å². The number of benzene rings is 1. The Morgan fingerprint density at radius 1 is 0.973 bits per heavy atom. The number of fused-ring (bicyclic) bond motifs is 4. The number of halogens is 3. The molecule has 3 aliphatic rings. The van der Waals surface area contributed by atoms with Gasteiger partial charge in [0.05, 0.1) is 23.0 Å². The average molecular weight is 510 g/mol. The summed E-state index contributed by atoms with van der Waals surface area (Å²) < 4.78 is 39.9. The van der Waals surface area contributed by atoms with Crippen molar-refractivity contribution in [1.82, 2.24) is 15.0 Å². The molecule has 8 nitrogen and oxygen atoms in total.